The fourth-order valence-electron chi connectivity index (χ4n) is 2.35. The van der Waals surface area contributed by atoms with Crippen LogP contribution in [0.15, 0.2) is 16.6 Å². The molecule has 0 aliphatic carbocycles. The summed E-state index contributed by atoms with van der Waals surface area (Å²) in [7, 11) is 1.66. The smallest absolute Gasteiger partial charge is 0.160 e. The number of fused-ring (bicyclic) bond motifs is 1. The van der Waals surface area contributed by atoms with Gasteiger partial charge in [0.2, 0.25) is 0 Å². The predicted octanol–water partition coefficient (Wildman–Crippen LogP) is 3.58. The zero-order valence-electron chi connectivity index (χ0n) is 10.2. The molecule has 1 aromatic heterocycles. The number of H-pyrrole nitrogens is 1. The van der Waals surface area contributed by atoms with Gasteiger partial charge in [0.05, 0.1) is 17.1 Å². The summed E-state index contributed by atoms with van der Waals surface area (Å²) in [5.41, 5.74) is 1.84. The van der Waals surface area contributed by atoms with Gasteiger partial charge in [0.1, 0.15) is 17.4 Å². The Morgan fingerprint density at radius 1 is 1.44 bits per heavy atom. The summed E-state index contributed by atoms with van der Waals surface area (Å²) in [6.45, 7) is 0.822. The number of nitrogens with one attached hydrogen (secondary N) is 1. The molecule has 18 heavy (non-hydrogen) atoms. The van der Waals surface area contributed by atoms with Crippen LogP contribution in [0.2, 0.25) is 0 Å². The summed E-state index contributed by atoms with van der Waals surface area (Å²) >= 11 is 3.47. The largest absolute Gasteiger partial charge is 0.493 e. The van der Waals surface area contributed by atoms with Crippen LogP contribution in [0.5, 0.6) is 5.75 Å². The van der Waals surface area contributed by atoms with Gasteiger partial charge in [-0.25, -0.2) is 4.98 Å². The van der Waals surface area contributed by atoms with Crippen LogP contribution >= 0.6 is 15.9 Å². The van der Waals surface area contributed by atoms with Crippen LogP contribution in [0.25, 0.3) is 11.0 Å². The first-order valence-corrected chi connectivity index (χ1v) is 6.92. The lowest BCUT2D eigenvalue weighted by Gasteiger charge is -2.20. The molecule has 1 fully saturated rings. The molecule has 1 aliphatic rings. The van der Waals surface area contributed by atoms with Crippen LogP contribution in [0.3, 0.4) is 0 Å². The highest BCUT2D eigenvalue weighted by Gasteiger charge is 2.21. The lowest BCUT2D eigenvalue weighted by atomic mass is 10.1. The second-order valence-electron chi connectivity index (χ2n) is 4.45. The molecule has 0 spiro atoms. The second-order valence-corrected chi connectivity index (χ2v) is 5.31. The predicted molar refractivity (Wildman–Crippen MR) is 72.9 cm³/mol. The fraction of sp³-hybridized carbons (Fsp3) is 0.462. The van der Waals surface area contributed by atoms with Crippen molar-refractivity contribution in [1.29, 1.82) is 0 Å². The number of aromatic amines is 1. The Morgan fingerprint density at radius 2 is 2.33 bits per heavy atom. The number of hydrogen-bond acceptors (Lipinski definition) is 3. The molecule has 5 heteroatoms. The first-order valence-electron chi connectivity index (χ1n) is 6.13. The summed E-state index contributed by atoms with van der Waals surface area (Å²) < 4.78 is 12.1. The summed E-state index contributed by atoms with van der Waals surface area (Å²) in [5.74, 6) is 1.67. The van der Waals surface area contributed by atoms with Crippen LogP contribution in [0, 0.1) is 0 Å². The van der Waals surface area contributed by atoms with Crippen LogP contribution < -0.4 is 4.74 Å². The van der Waals surface area contributed by atoms with Gasteiger partial charge in [0.15, 0.2) is 5.75 Å². The standard InChI is InChI=1S/C13H15BrN2O2/c1-17-12-8(14)5-6-9-11(12)16-13(15-9)10-4-2-3-7-18-10/h5-6,10H,2-4,7H2,1H3,(H,15,16). The number of hydrogen-bond donors (Lipinski definition) is 1. The molecule has 0 saturated carbocycles. The van der Waals surface area contributed by atoms with Crippen molar-refractivity contribution in [3.05, 3.63) is 22.4 Å². The Bertz CT molecular complexity index is 561. The van der Waals surface area contributed by atoms with Crippen molar-refractivity contribution in [1.82, 2.24) is 9.97 Å². The molecule has 1 atom stereocenters. The van der Waals surface area contributed by atoms with Gasteiger partial charge in [-0.2, -0.15) is 0 Å². The molecular formula is C13H15BrN2O2. The van der Waals surface area contributed by atoms with Crippen molar-refractivity contribution < 1.29 is 9.47 Å². The maximum Gasteiger partial charge on any atom is 0.160 e. The summed E-state index contributed by atoms with van der Waals surface area (Å²) in [6, 6.07) is 3.96. The Morgan fingerprint density at radius 3 is 3.06 bits per heavy atom. The van der Waals surface area contributed by atoms with Gasteiger partial charge in [-0.1, -0.05) is 0 Å². The quantitative estimate of drug-likeness (QED) is 0.922. The van der Waals surface area contributed by atoms with Gasteiger partial charge < -0.3 is 14.5 Å². The molecule has 1 N–H and O–H groups in total. The number of benzene rings is 1. The second kappa shape index (κ2) is 4.90. The minimum atomic E-state index is 0.0923. The van der Waals surface area contributed by atoms with Crippen LogP contribution in [0.1, 0.15) is 31.2 Å². The first-order chi connectivity index (χ1) is 8.79. The highest BCUT2D eigenvalue weighted by Crippen LogP contribution is 2.34. The molecule has 1 aromatic carbocycles. The van der Waals surface area contributed by atoms with Gasteiger partial charge in [-0.05, 0) is 47.3 Å². The van der Waals surface area contributed by atoms with E-state index in [0.717, 1.165) is 46.5 Å². The number of nitrogens with zero attached hydrogens (tertiary/aromatic N) is 1. The maximum atomic E-state index is 5.75. The molecule has 0 amide bonds. The highest BCUT2D eigenvalue weighted by atomic mass is 79.9. The van der Waals surface area contributed by atoms with E-state index in [1.165, 1.54) is 6.42 Å². The lowest BCUT2D eigenvalue weighted by molar-refractivity contribution is 0.0101. The van der Waals surface area contributed by atoms with Crippen LogP contribution in [0.4, 0.5) is 0 Å². The van der Waals surface area contributed by atoms with Crippen molar-refractivity contribution in [2.45, 2.75) is 25.4 Å². The minimum absolute atomic E-state index is 0.0923. The third kappa shape index (κ3) is 2.01. The van der Waals surface area contributed by atoms with E-state index in [2.05, 4.69) is 25.9 Å². The van der Waals surface area contributed by atoms with E-state index in [0.29, 0.717) is 0 Å². The Labute approximate surface area is 114 Å². The van der Waals surface area contributed by atoms with Crippen molar-refractivity contribution in [2.75, 3.05) is 13.7 Å². The molecule has 96 valence electrons. The van der Waals surface area contributed by atoms with Gasteiger partial charge in [-0.3, -0.25) is 0 Å². The molecule has 0 bridgehead atoms. The number of imidazole rings is 1. The van der Waals surface area contributed by atoms with E-state index in [4.69, 9.17) is 9.47 Å². The topological polar surface area (TPSA) is 47.1 Å². The monoisotopic (exact) mass is 310 g/mol. The number of aromatic nitrogens is 2. The van der Waals surface area contributed by atoms with E-state index in [1.54, 1.807) is 7.11 Å². The molecule has 1 saturated heterocycles. The first kappa shape index (κ1) is 12.0. The zero-order chi connectivity index (χ0) is 12.5. The van der Waals surface area contributed by atoms with Crippen molar-refractivity contribution in [3.8, 4) is 5.75 Å². The van der Waals surface area contributed by atoms with Crippen molar-refractivity contribution in [3.63, 3.8) is 0 Å². The fourth-order valence-corrected chi connectivity index (χ4v) is 2.83. The number of rotatable bonds is 2. The number of halogens is 1. The molecule has 1 unspecified atom stereocenters. The van der Waals surface area contributed by atoms with Crippen LogP contribution in [-0.4, -0.2) is 23.7 Å². The highest BCUT2D eigenvalue weighted by molar-refractivity contribution is 9.10. The van der Waals surface area contributed by atoms with E-state index < -0.39 is 0 Å². The Kier molecular flexibility index (Phi) is 3.26. The Balaban J connectivity index is 2.04. The molecule has 3 rings (SSSR count). The minimum Gasteiger partial charge on any atom is -0.493 e. The maximum absolute atomic E-state index is 5.75. The van der Waals surface area contributed by atoms with Crippen molar-refractivity contribution in [2.24, 2.45) is 0 Å². The van der Waals surface area contributed by atoms with Gasteiger partial charge >= 0.3 is 0 Å². The molecule has 4 nitrogen and oxygen atoms in total. The molecule has 1 aliphatic heterocycles. The average molecular weight is 311 g/mol. The Hall–Kier alpha value is -1.07. The summed E-state index contributed by atoms with van der Waals surface area (Å²) in [4.78, 5) is 7.96. The molecular weight excluding hydrogens is 296 g/mol. The zero-order valence-corrected chi connectivity index (χ0v) is 11.8. The lowest BCUT2D eigenvalue weighted by Crippen LogP contribution is -2.12. The van der Waals surface area contributed by atoms with Crippen LogP contribution in [-0.2, 0) is 4.74 Å². The normalized spacial score (nSPS) is 20.2. The van der Waals surface area contributed by atoms with E-state index in [9.17, 15) is 0 Å². The summed E-state index contributed by atoms with van der Waals surface area (Å²) in [5, 5.41) is 0. The molecule has 0 radical (unpaired) electrons. The van der Waals surface area contributed by atoms with E-state index in [-0.39, 0.29) is 6.10 Å². The average Bonchev–Trinajstić information content (AvgIpc) is 2.84. The van der Waals surface area contributed by atoms with E-state index in [1.807, 2.05) is 12.1 Å². The van der Waals surface area contributed by atoms with Crippen molar-refractivity contribution >= 4 is 27.0 Å². The van der Waals surface area contributed by atoms with Gasteiger partial charge in [-0.15, -0.1) is 0 Å². The number of ether oxygens (including phenoxy) is 2. The summed E-state index contributed by atoms with van der Waals surface area (Å²) in [6.07, 6.45) is 3.46. The molecule has 2 aromatic rings. The van der Waals surface area contributed by atoms with E-state index >= 15 is 0 Å². The van der Waals surface area contributed by atoms with Gasteiger partial charge in [0, 0.05) is 6.61 Å². The third-order valence-electron chi connectivity index (χ3n) is 3.27. The van der Waals surface area contributed by atoms with Gasteiger partial charge in [0.25, 0.3) is 0 Å². The third-order valence-corrected chi connectivity index (χ3v) is 3.89. The SMILES string of the molecule is COc1c(Br)ccc2[nH]c(C3CCCCO3)nc12. The molecule has 2 heterocycles. The number of methoxy groups -OCH3 is 1.